The van der Waals surface area contributed by atoms with Crippen LogP contribution in [0.1, 0.15) is 38.2 Å². The second-order valence-electron chi connectivity index (χ2n) is 6.55. The van der Waals surface area contributed by atoms with Gasteiger partial charge in [0.2, 0.25) is 0 Å². The standard InChI is InChI=1S/C20H24N4O3/c1-2-27-19(25)10-13-23-18(22-11-4-3-5-12-22)15-24(20(23)26)17-8-6-16(14-21)7-9-17/h6-9,15H,2-5,10-13H2,1H3. The summed E-state index contributed by atoms with van der Waals surface area (Å²) < 4.78 is 8.23. The van der Waals surface area contributed by atoms with Crippen LogP contribution >= 0.6 is 0 Å². The van der Waals surface area contributed by atoms with Gasteiger partial charge in [-0.15, -0.1) is 0 Å². The zero-order valence-corrected chi connectivity index (χ0v) is 15.6. The molecule has 1 fully saturated rings. The number of hydrogen-bond acceptors (Lipinski definition) is 5. The maximum absolute atomic E-state index is 13.0. The van der Waals surface area contributed by atoms with E-state index in [1.54, 1.807) is 40.3 Å². The van der Waals surface area contributed by atoms with Gasteiger partial charge >= 0.3 is 11.7 Å². The molecule has 0 radical (unpaired) electrons. The summed E-state index contributed by atoms with van der Waals surface area (Å²) in [5.74, 6) is 0.522. The van der Waals surface area contributed by atoms with Crippen molar-refractivity contribution in [3.8, 4) is 11.8 Å². The van der Waals surface area contributed by atoms with Crippen molar-refractivity contribution >= 4 is 11.8 Å². The van der Waals surface area contributed by atoms with Crippen molar-refractivity contribution in [1.82, 2.24) is 9.13 Å². The third-order valence-electron chi connectivity index (χ3n) is 4.76. The normalized spacial score (nSPS) is 14.0. The van der Waals surface area contributed by atoms with Crippen LogP contribution in [0.4, 0.5) is 5.82 Å². The number of anilines is 1. The molecule has 1 aliphatic rings. The smallest absolute Gasteiger partial charge is 0.334 e. The molecule has 1 aromatic carbocycles. The van der Waals surface area contributed by atoms with E-state index < -0.39 is 0 Å². The number of hydrogen-bond donors (Lipinski definition) is 0. The number of benzene rings is 1. The highest BCUT2D eigenvalue weighted by molar-refractivity contribution is 5.69. The summed E-state index contributed by atoms with van der Waals surface area (Å²) >= 11 is 0. The van der Waals surface area contributed by atoms with Gasteiger partial charge < -0.3 is 9.64 Å². The van der Waals surface area contributed by atoms with Crippen LogP contribution in [0.5, 0.6) is 0 Å². The zero-order chi connectivity index (χ0) is 19.2. The Morgan fingerprint density at radius 1 is 1.19 bits per heavy atom. The number of carbonyl (C=O) groups excluding carboxylic acids is 1. The van der Waals surface area contributed by atoms with E-state index in [0.717, 1.165) is 31.7 Å². The molecule has 27 heavy (non-hydrogen) atoms. The van der Waals surface area contributed by atoms with Crippen LogP contribution < -0.4 is 10.6 Å². The van der Waals surface area contributed by atoms with Crippen molar-refractivity contribution < 1.29 is 9.53 Å². The van der Waals surface area contributed by atoms with Crippen LogP contribution in [0, 0.1) is 11.3 Å². The van der Waals surface area contributed by atoms with Crippen LogP contribution in [0.3, 0.4) is 0 Å². The van der Waals surface area contributed by atoms with Crippen molar-refractivity contribution in [3.63, 3.8) is 0 Å². The molecule has 0 amide bonds. The van der Waals surface area contributed by atoms with E-state index in [4.69, 9.17) is 10.00 Å². The average Bonchev–Trinajstić information content (AvgIpc) is 3.04. The molecule has 0 aliphatic carbocycles. The number of imidazole rings is 1. The summed E-state index contributed by atoms with van der Waals surface area (Å²) in [6, 6.07) is 8.99. The second-order valence-corrected chi connectivity index (χ2v) is 6.55. The van der Waals surface area contributed by atoms with Gasteiger partial charge in [0.25, 0.3) is 0 Å². The Morgan fingerprint density at radius 3 is 2.52 bits per heavy atom. The van der Waals surface area contributed by atoms with Crippen LogP contribution in [0.15, 0.2) is 35.3 Å². The summed E-state index contributed by atoms with van der Waals surface area (Å²) in [6.07, 6.45) is 5.37. The SMILES string of the molecule is CCOC(=O)CCn1c(N2CCCCC2)cn(-c2ccc(C#N)cc2)c1=O. The lowest BCUT2D eigenvalue weighted by Gasteiger charge is -2.28. The van der Waals surface area contributed by atoms with E-state index in [9.17, 15) is 9.59 Å². The van der Waals surface area contributed by atoms with E-state index in [0.29, 0.717) is 17.9 Å². The molecule has 0 N–H and O–H groups in total. The molecule has 0 bridgehead atoms. The molecule has 3 rings (SSSR count). The highest BCUT2D eigenvalue weighted by Crippen LogP contribution is 2.21. The number of nitriles is 1. The Morgan fingerprint density at radius 2 is 1.89 bits per heavy atom. The molecular weight excluding hydrogens is 344 g/mol. The van der Waals surface area contributed by atoms with Crippen molar-refractivity contribution in [2.45, 2.75) is 39.2 Å². The predicted molar refractivity (Wildman–Crippen MR) is 102 cm³/mol. The molecule has 0 saturated carbocycles. The number of nitrogens with zero attached hydrogens (tertiary/aromatic N) is 4. The van der Waals surface area contributed by atoms with Gasteiger partial charge in [-0.1, -0.05) is 0 Å². The van der Waals surface area contributed by atoms with E-state index in [-0.39, 0.29) is 24.6 Å². The minimum Gasteiger partial charge on any atom is -0.466 e. The van der Waals surface area contributed by atoms with E-state index in [2.05, 4.69) is 11.0 Å². The largest absolute Gasteiger partial charge is 0.466 e. The first-order chi connectivity index (χ1) is 13.1. The first kappa shape index (κ1) is 18.8. The first-order valence-electron chi connectivity index (χ1n) is 9.37. The van der Waals surface area contributed by atoms with Crippen LogP contribution in [0.2, 0.25) is 0 Å². The van der Waals surface area contributed by atoms with Gasteiger partial charge in [0.1, 0.15) is 5.82 Å². The Kier molecular flexibility index (Phi) is 5.97. The Bertz CT molecular complexity index is 883. The number of rotatable bonds is 6. The third kappa shape index (κ3) is 4.22. The summed E-state index contributed by atoms with van der Waals surface area (Å²) in [5, 5.41) is 8.96. The average molecular weight is 368 g/mol. The van der Waals surface area contributed by atoms with Crippen molar-refractivity contribution in [3.05, 3.63) is 46.5 Å². The topological polar surface area (TPSA) is 80.3 Å². The van der Waals surface area contributed by atoms with Gasteiger partial charge in [-0.2, -0.15) is 5.26 Å². The highest BCUT2D eigenvalue weighted by Gasteiger charge is 2.20. The Hall–Kier alpha value is -3.01. The number of piperidine rings is 1. The fourth-order valence-corrected chi connectivity index (χ4v) is 3.37. The Labute approximate surface area is 158 Å². The van der Waals surface area contributed by atoms with Crippen LogP contribution in [-0.4, -0.2) is 34.8 Å². The maximum Gasteiger partial charge on any atom is 0.334 e. The number of carbonyl (C=O) groups is 1. The van der Waals surface area contributed by atoms with Gasteiger partial charge in [-0.05, 0) is 50.5 Å². The molecule has 0 atom stereocenters. The fraction of sp³-hybridized carbons (Fsp3) is 0.450. The highest BCUT2D eigenvalue weighted by atomic mass is 16.5. The summed E-state index contributed by atoms with van der Waals surface area (Å²) in [5.41, 5.74) is 1.06. The van der Waals surface area contributed by atoms with Gasteiger partial charge in [0, 0.05) is 19.6 Å². The first-order valence-corrected chi connectivity index (χ1v) is 9.37. The quantitative estimate of drug-likeness (QED) is 0.732. The van der Waals surface area contributed by atoms with Gasteiger partial charge in [-0.3, -0.25) is 13.9 Å². The molecule has 7 nitrogen and oxygen atoms in total. The van der Waals surface area contributed by atoms with Crippen LogP contribution in [0.25, 0.3) is 5.69 Å². The second kappa shape index (κ2) is 8.58. The maximum atomic E-state index is 13.0. The van der Waals surface area contributed by atoms with E-state index in [1.807, 2.05) is 6.20 Å². The number of ether oxygens (including phenoxy) is 1. The molecule has 1 aromatic heterocycles. The molecule has 2 aromatic rings. The molecule has 142 valence electrons. The zero-order valence-electron chi connectivity index (χ0n) is 15.6. The van der Waals surface area contributed by atoms with Crippen molar-refractivity contribution in [1.29, 1.82) is 5.26 Å². The van der Waals surface area contributed by atoms with Gasteiger partial charge in [-0.25, -0.2) is 4.79 Å². The lowest BCUT2D eigenvalue weighted by molar-refractivity contribution is -0.143. The lowest BCUT2D eigenvalue weighted by Crippen LogP contribution is -2.33. The minimum absolute atomic E-state index is 0.159. The molecule has 7 heteroatoms. The summed E-state index contributed by atoms with van der Waals surface area (Å²) in [4.78, 5) is 27.0. The molecule has 0 spiro atoms. The minimum atomic E-state index is -0.305. The molecule has 1 saturated heterocycles. The van der Waals surface area contributed by atoms with E-state index >= 15 is 0 Å². The molecule has 0 unspecified atom stereocenters. The Balaban J connectivity index is 1.95. The van der Waals surface area contributed by atoms with Crippen LogP contribution in [-0.2, 0) is 16.1 Å². The predicted octanol–water partition coefficient (Wildman–Crippen LogP) is 2.45. The third-order valence-corrected chi connectivity index (χ3v) is 4.76. The lowest BCUT2D eigenvalue weighted by atomic mass is 10.1. The monoisotopic (exact) mass is 368 g/mol. The molecular formula is C20H24N4O3. The molecule has 1 aliphatic heterocycles. The summed E-state index contributed by atoms with van der Waals surface area (Å²) in [7, 11) is 0. The van der Waals surface area contributed by atoms with E-state index in [1.165, 1.54) is 6.42 Å². The summed E-state index contributed by atoms with van der Waals surface area (Å²) in [6.45, 7) is 4.18. The van der Waals surface area contributed by atoms with Gasteiger partial charge in [0.05, 0.1) is 36.5 Å². The fourth-order valence-electron chi connectivity index (χ4n) is 3.37. The number of esters is 1. The molecule has 2 heterocycles. The van der Waals surface area contributed by atoms with Crippen molar-refractivity contribution in [2.75, 3.05) is 24.6 Å². The van der Waals surface area contributed by atoms with Crippen molar-refractivity contribution in [2.24, 2.45) is 0 Å². The number of aromatic nitrogens is 2. The van der Waals surface area contributed by atoms with Gasteiger partial charge in [0.15, 0.2) is 0 Å².